The lowest BCUT2D eigenvalue weighted by Crippen LogP contribution is -2.11. The van der Waals surface area contributed by atoms with Gasteiger partial charge in [0.1, 0.15) is 5.75 Å². The first-order valence-corrected chi connectivity index (χ1v) is 11.6. The molecule has 0 saturated heterocycles. The standard InChI is InChI=1S/C23H26Br2N2O2/c1-4-5-6-7-22(28)27-15-10-19(24)23(20(25)11-15)29-16-8-9-21-17(12-16)18(13-26-21)14(2)3/h8-14,26H,4-7H2,1-3H3,(H,27,28). The van der Waals surface area contributed by atoms with Gasteiger partial charge in [-0.1, -0.05) is 33.6 Å². The molecule has 0 aliphatic carbocycles. The highest BCUT2D eigenvalue weighted by atomic mass is 79.9. The third-order valence-electron chi connectivity index (χ3n) is 4.82. The number of unbranched alkanes of at least 4 members (excludes halogenated alkanes) is 2. The second-order valence-corrected chi connectivity index (χ2v) is 9.19. The number of carbonyl (C=O) groups excluding carboxylic acids is 1. The van der Waals surface area contributed by atoms with Gasteiger partial charge in [0, 0.05) is 29.2 Å². The molecule has 1 heterocycles. The van der Waals surface area contributed by atoms with Crippen LogP contribution in [0.15, 0.2) is 45.5 Å². The van der Waals surface area contributed by atoms with E-state index in [0.29, 0.717) is 18.1 Å². The van der Waals surface area contributed by atoms with E-state index in [1.165, 1.54) is 10.9 Å². The number of halogens is 2. The van der Waals surface area contributed by atoms with Crippen LogP contribution in [0.3, 0.4) is 0 Å². The number of ether oxygens (including phenoxy) is 1. The SMILES string of the molecule is CCCCCC(=O)Nc1cc(Br)c(Oc2ccc3[nH]cc(C(C)C)c3c2)c(Br)c1. The summed E-state index contributed by atoms with van der Waals surface area (Å²) in [7, 11) is 0. The monoisotopic (exact) mass is 520 g/mol. The van der Waals surface area contributed by atoms with Gasteiger partial charge in [-0.2, -0.15) is 0 Å². The van der Waals surface area contributed by atoms with E-state index >= 15 is 0 Å². The zero-order chi connectivity index (χ0) is 21.0. The van der Waals surface area contributed by atoms with Crippen molar-refractivity contribution < 1.29 is 9.53 Å². The van der Waals surface area contributed by atoms with Crippen LogP contribution in [0, 0.1) is 0 Å². The first kappa shape index (κ1) is 21.9. The summed E-state index contributed by atoms with van der Waals surface area (Å²) >= 11 is 7.15. The fourth-order valence-corrected chi connectivity index (χ4v) is 4.62. The lowest BCUT2D eigenvalue weighted by Gasteiger charge is -2.13. The highest BCUT2D eigenvalue weighted by molar-refractivity contribution is 9.11. The molecular formula is C23H26Br2N2O2. The van der Waals surface area contributed by atoms with Crippen molar-refractivity contribution >= 4 is 54.4 Å². The largest absolute Gasteiger partial charge is 0.455 e. The predicted octanol–water partition coefficient (Wildman–Crippen LogP) is 8.13. The Kier molecular flexibility index (Phi) is 7.41. The van der Waals surface area contributed by atoms with Crippen LogP contribution in [-0.2, 0) is 4.79 Å². The molecule has 0 fully saturated rings. The topological polar surface area (TPSA) is 54.1 Å². The molecule has 1 aromatic heterocycles. The molecule has 0 spiro atoms. The molecule has 0 aliphatic heterocycles. The van der Waals surface area contributed by atoms with Gasteiger partial charge in [-0.15, -0.1) is 0 Å². The van der Waals surface area contributed by atoms with Crippen LogP contribution >= 0.6 is 31.9 Å². The zero-order valence-electron chi connectivity index (χ0n) is 16.9. The van der Waals surface area contributed by atoms with Gasteiger partial charge in [0.2, 0.25) is 5.91 Å². The minimum absolute atomic E-state index is 0.0324. The number of nitrogens with one attached hydrogen (secondary N) is 2. The molecule has 2 N–H and O–H groups in total. The van der Waals surface area contributed by atoms with E-state index in [2.05, 4.69) is 75.2 Å². The number of benzene rings is 2. The van der Waals surface area contributed by atoms with Crippen molar-refractivity contribution in [1.29, 1.82) is 0 Å². The van der Waals surface area contributed by atoms with Crippen LogP contribution in [0.4, 0.5) is 5.69 Å². The van der Waals surface area contributed by atoms with Gasteiger partial charge in [-0.3, -0.25) is 4.79 Å². The highest BCUT2D eigenvalue weighted by Crippen LogP contribution is 2.40. The zero-order valence-corrected chi connectivity index (χ0v) is 20.1. The van der Waals surface area contributed by atoms with E-state index in [1.54, 1.807) is 0 Å². The molecule has 1 amide bonds. The summed E-state index contributed by atoms with van der Waals surface area (Å²) in [6.45, 7) is 6.49. The van der Waals surface area contributed by atoms with Gasteiger partial charge in [0.15, 0.2) is 5.75 Å². The highest BCUT2D eigenvalue weighted by Gasteiger charge is 2.14. The third kappa shape index (κ3) is 5.43. The fourth-order valence-electron chi connectivity index (χ4n) is 3.27. The van der Waals surface area contributed by atoms with Crippen molar-refractivity contribution in [3.8, 4) is 11.5 Å². The number of fused-ring (bicyclic) bond motifs is 1. The van der Waals surface area contributed by atoms with E-state index in [1.807, 2.05) is 24.3 Å². The Morgan fingerprint density at radius 2 is 1.86 bits per heavy atom. The maximum Gasteiger partial charge on any atom is 0.224 e. The van der Waals surface area contributed by atoms with Gasteiger partial charge in [-0.25, -0.2) is 0 Å². The van der Waals surface area contributed by atoms with Crippen molar-refractivity contribution in [2.45, 2.75) is 52.4 Å². The number of anilines is 1. The number of hydrogen-bond donors (Lipinski definition) is 2. The Hall–Kier alpha value is -1.79. The van der Waals surface area contributed by atoms with E-state index in [-0.39, 0.29) is 5.91 Å². The quantitative estimate of drug-likeness (QED) is 0.294. The molecule has 0 atom stereocenters. The molecule has 3 aromatic rings. The smallest absolute Gasteiger partial charge is 0.224 e. The lowest BCUT2D eigenvalue weighted by molar-refractivity contribution is -0.116. The summed E-state index contributed by atoms with van der Waals surface area (Å²) in [6.07, 6.45) is 5.67. The average molecular weight is 522 g/mol. The maximum absolute atomic E-state index is 12.1. The molecular weight excluding hydrogens is 496 g/mol. The molecule has 154 valence electrons. The first-order valence-electron chi connectivity index (χ1n) is 9.96. The molecule has 3 rings (SSSR count). The minimum atomic E-state index is 0.0324. The van der Waals surface area contributed by atoms with Gasteiger partial charge >= 0.3 is 0 Å². The van der Waals surface area contributed by atoms with E-state index in [9.17, 15) is 4.79 Å². The second-order valence-electron chi connectivity index (χ2n) is 7.48. The Bertz CT molecular complexity index is 988. The number of carbonyl (C=O) groups is 1. The number of hydrogen-bond acceptors (Lipinski definition) is 2. The minimum Gasteiger partial charge on any atom is -0.455 e. The van der Waals surface area contributed by atoms with Gasteiger partial charge < -0.3 is 15.0 Å². The Morgan fingerprint density at radius 1 is 1.14 bits per heavy atom. The predicted molar refractivity (Wildman–Crippen MR) is 127 cm³/mol. The van der Waals surface area contributed by atoms with Crippen LogP contribution < -0.4 is 10.1 Å². The van der Waals surface area contributed by atoms with Crippen molar-refractivity contribution in [2.24, 2.45) is 0 Å². The summed E-state index contributed by atoms with van der Waals surface area (Å²) in [6, 6.07) is 9.77. The molecule has 0 unspecified atom stereocenters. The lowest BCUT2D eigenvalue weighted by atomic mass is 10.0. The van der Waals surface area contributed by atoms with Crippen molar-refractivity contribution in [1.82, 2.24) is 4.98 Å². The van der Waals surface area contributed by atoms with Crippen LogP contribution in [0.25, 0.3) is 10.9 Å². The molecule has 0 saturated carbocycles. The van der Waals surface area contributed by atoms with Crippen molar-refractivity contribution in [3.05, 3.63) is 51.0 Å². The summed E-state index contributed by atoms with van der Waals surface area (Å²) < 4.78 is 7.72. The number of aromatic amines is 1. The van der Waals surface area contributed by atoms with Gasteiger partial charge in [0.05, 0.1) is 8.95 Å². The van der Waals surface area contributed by atoms with E-state index in [4.69, 9.17) is 4.74 Å². The Balaban J connectivity index is 1.78. The summed E-state index contributed by atoms with van der Waals surface area (Å²) in [4.78, 5) is 15.4. The summed E-state index contributed by atoms with van der Waals surface area (Å²) in [5, 5.41) is 4.12. The second kappa shape index (κ2) is 9.81. The molecule has 0 radical (unpaired) electrons. The number of H-pyrrole nitrogens is 1. The maximum atomic E-state index is 12.1. The van der Waals surface area contributed by atoms with Crippen LogP contribution in [0.5, 0.6) is 11.5 Å². The van der Waals surface area contributed by atoms with E-state index in [0.717, 1.165) is 45.2 Å². The molecule has 0 aliphatic rings. The molecule has 29 heavy (non-hydrogen) atoms. The van der Waals surface area contributed by atoms with Crippen molar-refractivity contribution in [3.63, 3.8) is 0 Å². The van der Waals surface area contributed by atoms with Crippen molar-refractivity contribution in [2.75, 3.05) is 5.32 Å². The summed E-state index contributed by atoms with van der Waals surface area (Å²) in [5.41, 5.74) is 3.10. The average Bonchev–Trinajstić information content (AvgIpc) is 3.08. The Morgan fingerprint density at radius 3 is 2.52 bits per heavy atom. The molecule has 4 nitrogen and oxygen atoms in total. The third-order valence-corrected chi connectivity index (χ3v) is 5.99. The van der Waals surface area contributed by atoms with E-state index < -0.39 is 0 Å². The first-order chi connectivity index (χ1) is 13.9. The van der Waals surface area contributed by atoms with Crippen LogP contribution in [0.1, 0.15) is 57.9 Å². The number of aromatic nitrogens is 1. The molecule has 6 heteroatoms. The number of rotatable bonds is 8. The number of amides is 1. The summed E-state index contributed by atoms with van der Waals surface area (Å²) in [5.74, 6) is 1.90. The normalized spacial score (nSPS) is 11.2. The van der Waals surface area contributed by atoms with Crippen LogP contribution in [0.2, 0.25) is 0 Å². The molecule has 2 aromatic carbocycles. The van der Waals surface area contributed by atoms with Crippen LogP contribution in [-0.4, -0.2) is 10.9 Å². The Labute approximate surface area is 188 Å². The van der Waals surface area contributed by atoms with Gasteiger partial charge in [-0.05, 0) is 80.1 Å². The molecule has 0 bridgehead atoms. The fraction of sp³-hybridized carbons (Fsp3) is 0.348. The van der Waals surface area contributed by atoms with Gasteiger partial charge in [0.25, 0.3) is 0 Å².